The summed E-state index contributed by atoms with van der Waals surface area (Å²) in [5, 5.41) is 6.77. The molecule has 1 aromatic rings. The lowest BCUT2D eigenvalue weighted by molar-refractivity contribution is 0.474. The number of thiocarbonyl (C=S) groups is 1. The van der Waals surface area contributed by atoms with Gasteiger partial charge in [0.25, 0.3) is 0 Å². The van der Waals surface area contributed by atoms with Crippen LogP contribution in [0.2, 0.25) is 0 Å². The van der Waals surface area contributed by atoms with Crippen LogP contribution < -0.4 is 10.6 Å². The van der Waals surface area contributed by atoms with Gasteiger partial charge < -0.3 is 10.6 Å². The molecule has 2 rings (SSSR count). The van der Waals surface area contributed by atoms with Gasteiger partial charge in [-0.25, -0.2) is 4.99 Å². The average Bonchev–Trinajstić information content (AvgIpc) is 2.16. The zero-order chi connectivity index (χ0) is 10.9. The van der Waals surface area contributed by atoms with Crippen LogP contribution in [-0.2, 0) is 0 Å². The van der Waals surface area contributed by atoms with E-state index in [4.69, 9.17) is 12.2 Å². The van der Waals surface area contributed by atoms with E-state index in [0.29, 0.717) is 5.11 Å². The topological polar surface area (TPSA) is 36.4 Å². The highest BCUT2D eigenvalue weighted by Crippen LogP contribution is 2.11. The number of nitrogens with one attached hydrogen (secondary N) is 2. The van der Waals surface area contributed by atoms with Gasteiger partial charge >= 0.3 is 0 Å². The molecule has 0 unspecified atom stereocenters. The third-order valence-corrected chi connectivity index (χ3v) is 2.29. The van der Waals surface area contributed by atoms with E-state index < -0.39 is 0 Å². The summed E-state index contributed by atoms with van der Waals surface area (Å²) in [6.45, 7) is 3.98. The van der Waals surface area contributed by atoms with Gasteiger partial charge in [0.2, 0.25) is 0 Å². The first kappa shape index (κ1) is 10.1. The lowest BCUT2D eigenvalue weighted by Gasteiger charge is -2.30. The van der Waals surface area contributed by atoms with E-state index in [2.05, 4.69) is 15.6 Å². The lowest BCUT2D eigenvalue weighted by atomic mass is 10.1. The van der Waals surface area contributed by atoms with Gasteiger partial charge in [0.1, 0.15) is 11.5 Å². The van der Waals surface area contributed by atoms with E-state index in [1.165, 1.54) is 0 Å². The Morgan fingerprint density at radius 3 is 2.47 bits per heavy atom. The highest BCUT2D eigenvalue weighted by atomic mass is 32.1. The SMILES string of the molecule is CC1(C)N=C(c2ccccc2)NC(=S)N1. The summed E-state index contributed by atoms with van der Waals surface area (Å²) in [4.78, 5) is 4.54. The van der Waals surface area contributed by atoms with Crippen molar-refractivity contribution in [2.24, 2.45) is 4.99 Å². The molecule has 1 aliphatic rings. The maximum absolute atomic E-state index is 5.13. The van der Waals surface area contributed by atoms with Gasteiger partial charge in [0.15, 0.2) is 5.11 Å². The predicted octanol–water partition coefficient (Wildman–Crippen LogP) is 1.65. The summed E-state index contributed by atoms with van der Waals surface area (Å²) in [5.41, 5.74) is 0.711. The first-order chi connectivity index (χ1) is 7.07. The first-order valence-corrected chi connectivity index (χ1v) is 5.22. The van der Waals surface area contributed by atoms with Gasteiger partial charge in [-0.1, -0.05) is 30.3 Å². The second kappa shape index (κ2) is 3.62. The molecule has 0 fully saturated rings. The van der Waals surface area contributed by atoms with Gasteiger partial charge in [0.05, 0.1) is 0 Å². The van der Waals surface area contributed by atoms with Crippen LogP contribution in [-0.4, -0.2) is 16.6 Å². The zero-order valence-corrected chi connectivity index (χ0v) is 9.56. The molecule has 3 nitrogen and oxygen atoms in total. The van der Waals surface area contributed by atoms with E-state index in [1.54, 1.807) is 0 Å². The van der Waals surface area contributed by atoms with Crippen LogP contribution in [0.5, 0.6) is 0 Å². The van der Waals surface area contributed by atoms with Gasteiger partial charge in [-0.05, 0) is 26.1 Å². The Hall–Kier alpha value is -1.42. The van der Waals surface area contributed by atoms with Crippen LogP contribution in [0.3, 0.4) is 0 Å². The minimum atomic E-state index is -0.340. The lowest BCUT2D eigenvalue weighted by Crippen LogP contribution is -2.54. The minimum absolute atomic E-state index is 0.340. The molecule has 1 aromatic carbocycles. The average molecular weight is 219 g/mol. The second-order valence-corrected chi connectivity index (χ2v) is 4.37. The molecule has 0 saturated heterocycles. The smallest absolute Gasteiger partial charge is 0.173 e. The van der Waals surface area contributed by atoms with Crippen LogP contribution >= 0.6 is 12.2 Å². The first-order valence-electron chi connectivity index (χ1n) is 4.81. The highest BCUT2D eigenvalue weighted by Gasteiger charge is 2.24. The fraction of sp³-hybridized carbons (Fsp3) is 0.273. The predicted molar refractivity (Wildman–Crippen MR) is 65.9 cm³/mol. The van der Waals surface area contributed by atoms with Crippen molar-refractivity contribution < 1.29 is 0 Å². The fourth-order valence-corrected chi connectivity index (χ4v) is 1.83. The van der Waals surface area contributed by atoms with Crippen molar-refractivity contribution in [1.29, 1.82) is 0 Å². The molecule has 0 spiro atoms. The zero-order valence-electron chi connectivity index (χ0n) is 8.74. The van der Waals surface area contributed by atoms with E-state index in [0.717, 1.165) is 11.4 Å². The van der Waals surface area contributed by atoms with Crippen molar-refractivity contribution in [2.45, 2.75) is 19.5 Å². The molecule has 0 radical (unpaired) electrons. The molecule has 0 saturated carbocycles. The molecule has 1 heterocycles. The number of benzene rings is 1. The molecule has 0 aromatic heterocycles. The number of hydrogen-bond donors (Lipinski definition) is 2. The molecular formula is C11H13N3S. The van der Waals surface area contributed by atoms with Crippen LogP contribution in [0.15, 0.2) is 35.3 Å². The number of amidine groups is 1. The summed E-state index contributed by atoms with van der Waals surface area (Å²) in [7, 11) is 0. The molecule has 1 aliphatic heterocycles. The van der Waals surface area contributed by atoms with Crippen molar-refractivity contribution >= 4 is 23.2 Å². The summed E-state index contributed by atoms with van der Waals surface area (Å²) in [5.74, 6) is 0.823. The van der Waals surface area contributed by atoms with Crippen molar-refractivity contribution in [3.63, 3.8) is 0 Å². The molecule has 0 amide bonds. The summed E-state index contributed by atoms with van der Waals surface area (Å²) in [6, 6.07) is 9.97. The Morgan fingerprint density at radius 2 is 1.87 bits per heavy atom. The highest BCUT2D eigenvalue weighted by molar-refractivity contribution is 7.80. The Kier molecular flexibility index (Phi) is 2.44. The third-order valence-electron chi connectivity index (χ3n) is 2.09. The summed E-state index contributed by atoms with van der Waals surface area (Å²) >= 11 is 5.13. The maximum atomic E-state index is 5.13. The third kappa shape index (κ3) is 2.33. The second-order valence-electron chi connectivity index (χ2n) is 3.96. The number of nitrogens with zero attached hydrogens (tertiary/aromatic N) is 1. The monoisotopic (exact) mass is 219 g/mol. The van der Waals surface area contributed by atoms with E-state index >= 15 is 0 Å². The Morgan fingerprint density at radius 1 is 1.20 bits per heavy atom. The van der Waals surface area contributed by atoms with E-state index in [-0.39, 0.29) is 5.66 Å². The fourth-order valence-electron chi connectivity index (χ4n) is 1.48. The maximum Gasteiger partial charge on any atom is 0.173 e. The molecule has 15 heavy (non-hydrogen) atoms. The van der Waals surface area contributed by atoms with Crippen molar-refractivity contribution in [3.8, 4) is 0 Å². The van der Waals surface area contributed by atoms with E-state index in [9.17, 15) is 0 Å². The Labute approximate surface area is 94.6 Å². The quantitative estimate of drug-likeness (QED) is 0.705. The number of hydrogen-bond acceptors (Lipinski definition) is 2. The van der Waals surface area contributed by atoms with Crippen LogP contribution in [0.1, 0.15) is 19.4 Å². The molecule has 0 aliphatic carbocycles. The number of aliphatic imine (C=N–C) groups is 1. The van der Waals surface area contributed by atoms with Crippen LogP contribution in [0.25, 0.3) is 0 Å². The van der Waals surface area contributed by atoms with Crippen LogP contribution in [0.4, 0.5) is 0 Å². The minimum Gasteiger partial charge on any atom is -0.339 e. The molecule has 78 valence electrons. The Balaban J connectivity index is 2.38. The van der Waals surface area contributed by atoms with Crippen molar-refractivity contribution in [3.05, 3.63) is 35.9 Å². The molecule has 0 atom stereocenters. The summed E-state index contributed by atoms with van der Waals surface area (Å²) in [6.07, 6.45) is 0. The van der Waals surface area contributed by atoms with E-state index in [1.807, 2.05) is 44.2 Å². The van der Waals surface area contributed by atoms with Crippen molar-refractivity contribution in [2.75, 3.05) is 0 Å². The molecule has 0 bridgehead atoms. The van der Waals surface area contributed by atoms with Crippen LogP contribution in [0, 0.1) is 0 Å². The van der Waals surface area contributed by atoms with Gasteiger partial charge in [-0.15, -0.1) is 0 Å². The van der Waals surface area contributed by atoms with Gasteiger partial charge in [-0.3, -0.25) is 0 Å². The summed E-state index contributed by atoms with van der Waals surface area (Å²) < 4.78 is 0. The molecule has 4 heteroatoms. The molecule has 2 N–H and O–H groups in total. The molecular weight excluding hydrogens is 206 g/mol. The number of rotatable bonds is 1. The van der Waals surface area contributed by atoms with Gasteiger partial charge in [-0.2, -0.15) is 0 Å². The Bertz CT molecular complexity index is 409. The van der Waals surface area contributed by atoms with Crippen molar-refractivity contribution in [1.82, 2.24) is 10.6 Å². The largest absolute Gasteiger partial charge is 0.339 e. The standard InChI is InChI=1S/C11H13N3S/c1-11(2)13-9(12-10(15)14-11)8-6-4-3-5-7-8/h3-7H,1-2H3,(H2,12,13,14,15). The van der Waals surface area contributed by atoms with Gasteiger partial charge in [0, 0.05) is 5.56 Å². The normalized spacial score (nSPS) is 18.8.